The monoisotopic (exact) mass is 210 g/mol. The number of aliphatic imine (C=N–C) groups is 1. The molecule has 2 aromatic carbocycles. The zero-order chi connectivity index (χ0) is 10.8. The molecule has 78 valence electrons. The number of nitrogens with one attached hydrogen (secondary N) is 1. The minimum Gasteiger partial charge on any atom is -0.378 e. The molecular formula is C13H10N2O. The Morgan fingerprint density at radius 3 is 2.50 bits per heavy atom. The third-order valence-electron chi connectivity index (χ3n) is 2.40. The van der Waals surface area contributed by atoms with E-state index >= 15 is 0 Å². The van der Waals surface area contributed by atoms with Crippen LogP contribution in [0.5, 0.6) is 5.75 Å². The van der Waals surface area contributed by atoms with E-state index in [9.17, 15) is 0 Å². The van der Waals surface area contributed by atoms with Crippen LogP contribution >= 0.6 is 0 Å². The molecule has 2 aromatic rings. The molecule has 0 amide bonds. The van der Waals surface area contributed by atoms with Gasteiger partial charge in [0.1, 0.15) is 5.69 Å². The van der Waals surface area contributed by atoms with Gasteiger partial charge >= 0.3 is 0 Å². The first kappa shape index (κ1) is 8.97. The van der Waals surface area contributed by atoms with Crippen LogP contribution in [-0.2, 0) is 0 Å². The molecular weight excluding hydrogens is 200 g/mol. The Balaban J connectivity index is 2.04. The van der Waals surface area contributed by atoms with Crippen molar-refractivity contribution >= 4 is 11.5 Å². The van der Waals surface area contributed by atoms with E-state index in [1.165, 1.54) is 0 Å². The number of hydroxylamine groups is 1. The van der Waals surface area contributed by atoms with Gasteiger partial charge in [-0.2, -0.15) is 0 Å². The molecule has 0 unspecified atom stereocenters. The minimum atomic E-state index is 0.735. The van der Waals surface area contributed by atoms with Gasteiger partial charge in [-0.3, -0.25) is 0 Å². The molecule has 0 fully saturated rings. The molecule has 3 rings (SSSR count). The fourth-order valence-corrected chi connectivity index (χ4v) is 1.60. The summed E-state index contributed by atoms with van der Waals surface area (Å²) in [5.74, 6) is 1.49. The number of rotatable bonds is 1. The summed E-state index contributed by atoms with van der Waals surface area (Å²) < 4.78 is 0. The number of benzene rings is 2. The van der Waals surface area contributed by atoms with Crippen molar-refractivity contribution < 1.29 is 4.84 Å². The summed E-state index contributed by atoms with van der Waals surface area (Å²) in [4.78, 5) is 9.91. The van der Waals surface area contributed by atoms with Gasteiger partial charge in [-0.05, 0) is 12.1 Å². The van der Waals surface area contributed by atoms with Crippen molar-refractivity contribution in [1.82, 2.24) is 5.48 Å². The average molecular weight is 210 g/mol. The highest BCUT2D eigenvalue weighted by Crippen LogP contribution is 2.29. The highest BCUT2D eigenvalue weighted by Gasteiger charge is 2.12. The number of hydrogen-bond donors (Lipinski definition) is 1. The molecule has 1 aliphatic rings. The molecule has 0 spiro atoms. The molecule has 0 radical (unpaired) electrons. The van der Waals surface area contributed by atoms with Crippen molar-refractivity contribution in [3.63, 3.8) is 0 Å². The van der Waals surface area contributed by atoms with Crippen LogP contribution in [0, 0.1) is 0 Å². The summed E-state index contributed by atoms with van der Waals surface area (Å²) in [5.41, 5.74) is 4.70. The van der Waals surface area contributed by atoms with Crippen LogP contribution in [0.3, 0.4) is 0 Å². The fourth-order valence-electron chi connectivity index (χ4n) is 1.60. The molecule has 1 heterocycles. The SMILES string of the molecule is c1ccc(C2=Nc3ccccc3ON2)cc1. The third kappa shape index (κ3) is 1.52. The van der Waals surface area contributed by atoms with Crippen molar-refractivity contribution in [2.75, 3.05) is 0 Å². The van der Waals surface area contributed by atoms with E-state index in [0.717, 1.165) is 22.8 Å². The predicted octanol–water partition coefficient (Wildman–Crippen LogP) is 2.66. The quantitative estimate of drug-likeness (QED) is 0.785. The molecule has 0 bridgehead atoms. The second-order valence-electron chi connectivity index (χ2n) is 3.50. The summed E-state index contributed by atoms with van der Waals surface area (Å²) in [7, 11) is 0. The molecule has 0 aliphatic carbocycles. The van der Waals surface area contributed by atoms with Crippen LogP contribution in [0.1, 0.15) is 5.56 Å². The number of para-hydroxylation sites is 2. The van der Waals surface area contributed by atoms with E-state index in [-0.39, 0.29) is 0 Å². The van der Waals surface area contributed by atoms with Gasteiger partial charge in [0, 0.05) is 5.56 Å². The molecule has 1 N–H and O–H groups in total. The zero-order valence-electron chi connectivity index (χ0n) is 8.55. The van der Waals surface area contributed by atoms with Gasteiger partial charge in [0.05, 0.1) is 0 Å². The lowest BCUT2D eigenvalue weighted by Gasteiger charge is -2.17. The molecule has 16 heavy (non-hydrogen) atoms. The number of fused-ring (bicyclic) bond motifs is 1. The van der Waals surface area contributed by atoms with Gasteiger partial charge in [-0.25, -0.2) is 10.5 Å². The van der Waals surface area contributed by atoms with Gasteiger partial charge in [0.2, 0.25) is 0 Å². The largest absolute Gasteiger partial charge is 0.378 e. The van der Waals surface area contributed by atoms with E-state index < -0.39 is 0 Å². The highest BCUT2D eigenvalue weighted by molar-refractivity contribution is 6.00. The van der Waals surface area contributed by atoms with Gasteiger partial charge in [0.15, 0.2) is 11.6 Å². The second-order valence-corrected chi connectivity index (χ2v) is 3.50. The maximum absolute atomic E-state index is 5.41. The normalized spacial score (nSPS) is 13.1. The van der Waals surface area contributed by atoms with Crippen molar-refractivity contribution in [3.05, 3.63) is 60.2 Å². The Bertz CT molecular complexity index is 535. The number of nitrogens with zero attached hydrogens (tertiary/aromatic N) is 1. The van der Waals surface area contributed by atoms with E-state index in [4.69, 9.17) is 4.84 Å². The van der Waals surface area contributed by atoms with Crippen molar-refractivity contribution in [2.45, 2.75) is 0 Å². The Hall–Kier alpha value is -2.29. The number of hydrogen-bond acceptors (Lipinski definition) is 3. The van der Waals surface area contributed by atoms with E-state index in [2.05, 4.69) is 10.5 Å². The van der Waals surface area contributed by atoms with Gasteiger partial charge in [-0.15, -0.1) is 0 Å². The highest BCUT2D eigenvalue weighted by atomic mass is 16.6. The van der Waals surface area contributed by atoms with Gasteiger partial charge in [0.25, 0.3) is 0 Å². The van der Waals surface area contributed by atoms with Crippen LogP contribution in [0.4, 0.5) is 5.69 Å². The maximum atomic E-state index is 5.41. The average Bonchev–Trinajstić information content (AvgIpc) is 2.39. The van der Waals surface area contributed by atoms with Crippen LogP contribution < -0.4 is 10.3 Å². The van der Waals surface area contributed by atoms with Crippen LogP contribution in [0.15, 0.2) is 59.6 Å². The van der Waals surface area contributed by atoms with Gasteiger partial charge < -0.3 is 4.84 Å². The Kier molecular flexibility index (Phi) is 2.07. The van der Waals surface area contributed by atoms with Crippen molar-refractivity contribution in [2.24, 2.45) is 4.99 Å². The Morgan fingerprint density at radius 1 is 0.875 bits per heavy atom. The topological polar surface area (TPSA) is 33.6 Å². The zero-order valence-corrected chi connectivity index (χ0v) is 8.55. The van der Waals surface area contributed by atoms with Crippen LogP contribution in [-0.4, -0.2) is 5.84 Å². The molecule has 0 aromatic heterocycles. The lowest BCUT2D eigenvalue weighted by Crippen LogP contribution is -2.30. The third-order valence-corrected chi connectivity index (χ3v) is 2.40. The summed E-state index contributed by atoms with van der Waals surface area (Å²) >= 11 is 0. The number of amidine groups is 1. The summed E-state index contributed by atoms with van der Waals surface area (Å²) in [6.45, 7) is 0. The molecule has 3 nitrogen and oxygen atoms in total. The van der Waals surface area contributed by atoms with Crippen LogP contribution in [0.25, 0.3) is 0 Å². The summed E-state index contributed by atoms with van der Waals surface area (Å²) in [6, 6.07) is 17.6. The molecule has 0 atom stereocenters. The lowest BCUT2D eigenvalue weighted by molar-refractivity contribution is 0.259. The second kappa shape index (κ2) is 3.70. The standard InChI is InChI=1S/C13H10N2O/c1-2-6-10(7-3-1)13-14-11-8-4-5-9-12(11)16-15-13/h1-9H,(H,14,15). The Labute approximate surface area is 93.4 Å². The van der Waals surface area contributed by atoms with Crippen LogP contribution in [0.2, 0.25) is 0 Å². The summed E-state index contributed by atoms with van der Waals surface area (Å²) in [6.07, 6.45) is 0. The first-order valence-corrected chi connectivity index (χ1v) is 5.09. The van der Waals surface area contributed by atoms with E-state index in [1.54, 1.807) is 0 Å². The fraction of sp³-hybridized carbons (Fsp3) is 0. The lowest BCUT2D eigenvalue weighted by atomic mass is 10.2. The van der Waals surface area contributed by atoms with Crippen molar-refractivity contribution in [1.29, 1.82) is 0 Å². The maximum Gasteiger partial charge on any atom is 0.180 e. The smallest absolute Gasteiger partial charge is 0.180 e. The molecule has 3 heteroatoms. The predicted molar refractivity (Wildman–Crippen MR) is 62.8 cm³/mol. The van der Waals surface area contributed by atoms with E-state index in [0.29, 0.717) is 0 Å². The van der Waals surface area contributed by atoms with Crippen molar-refractivity contribution in [3.8, 4) is 5.75 Å². The van der Waals surface area contributed by atoms with E-state index in [1.807, 2.05) is 54.6 Å². The summed E-state index contributed by atoms with van der Waals surface area (Å²) in [5, 5.41) is 0. The first-order valence-electron chi connectivity index (χ1n) is 5.09. The Morgan fingerprint density at radius 2 is 1.62 bits per heavy atom. The molecule has 1 aliphatic heterocycles. The minimum absolute atomic E-state index is 0.735. The molecule has 0 saturated carbocycles. The molecule has 0 saturated heterocycles. The first-order chi connectivity index (χ1) is 7.93. The van der Waals surface area contributed by atoms with Gasteiger partial charge in [-0.1, -0.05) is 42.5 Å².